The first kappa shape index (κ1) is 16.7. The van der Waals surface area contributed by atoms with Gasteiger partial charge in [-0.05, 0) is 19.1 Å². The highest BCUT2D eigenvalue weighted by atomic mass is 16.5. The number of hydrogen-bond donors (Lipinski definition) is 2. The van der Waals surface area contributed by atoms with Gasteiger partial charge in [0, 0.05) is 19.7 Å². The number of nitrogens with zero attached hydrogens (tertiary/aromatic N) is 2. The van der Waals surface area contributed by atoms with Crippen molar-refractivity contribution in [3.8, 4) is 17.0 Å². The van der Waals surface area contributed by atoms with Gasteiger partial charge in [0.2, 0.25) is 5.95 Å². The van der Waals surface area contributed by atoms with Gasteiger partial charge in [0.05, 0.1) is 23.6 Å². The lowest BCUT2D eigenvalue weighted by Crippen LogP contribution is -2.22. The summed E-state index contributed by atoms with van der Waals surface area (Å²) in [4.78, 5) is 20.6. The fourth-order valence-electron chi connectivity index (χ4n) is 2.21. The summed E-state index contributed by atoms with van der Waals surface area (Å²) >= 11 is 0. The molecule has 1 heterocycles. The van der Waals surface area contributed by atoms with Gasteiger partial charge in [-0.1, -0.05) is 12.1 Å². The van der Waals surface area contributed by atoms with Gasteiger partial charge in [-0.2, -0.15) is 0 Å². The summed E-state index contributed by atoms with van der Waals surface area (Å²) in [6, 6.07) is 7.34. The number of anilines is 1. The lowest BCUT2D eigenvalue weighted by atomic mass is 10.0. The fourth-order valence-corrected chi connectivity index (χ4v) is 2.21. The Balaban J connectivity index is 2.55. The molecule has 122 valence electrons. The maximum atomic E-state index is 12.2. The Hall–Kier alpha value is -2.67. The number of carbonyl (C=O) groups excluding carboxylic acids is 1. The van der Waals surface area contributed by atoms with Crippen LogP contribution in [0.1, 0.15) is 16.1 Å². The summed E-state index contributed by atoms with van der Waals surface area (Å²) < 4.78 is 10.7. The Bertz CT molecular complexity index is 704. The quantitative estimate of drug-likeness (QED) is 0.782. The van der Waals surface area contributed by atoms with Gasteiger partial charge in [-0.15, -0.1) is 0 Å². The van der Waals surface area contributed by atoms with Crippen molar-refractivity contribution < 1.29 is 14.3 Å². The highest BCUT2D eigenvalue weighted by molar-refractivity contribution is 6.01. The number of nitrogens with two attached hydrogens (primary N) is 1. The molecule has 1 aromatic carbocycles. The predicted octanol–water partition coefficient (Wildman–Crippen LogP) is 1.42. The Kier molecular flexibility index (Phi) is 5.48. The van der Waals surface area contributed by atoms with Crippen LogP contribution in [-0.4, -0.2) is 43.2 Å². The molecule has 0 radical (unpaired) electrons. The molecule has 0 atom stereocenters. The zero-order valence-corrected chi connectivity index (χ0v) is 13.4. The summed E-state index contributed by atoms with van der Waals surface area (Å²) in [5.41, 5.74) is 7.78. The number of para-hydroxylation sites is 1. The van der Waals surface area contributed by atoms with Crippen molar-refractivity contribution in [2.45, 2.75) is 6.92 Å². The molecule has 1 aromatic heterocycles. The van der Waals surface area contributed by atoms with Crippen LogP contribution in [0.3, 0.4) is 0 Å². The first-order chi connectivity index (χ1) is 11.1. The Morgan fingerprint density at radius 1 is 1.26 bits per heavy atom. The molecule has 1 amide bonds. The summed E-state index contributed by atoms with van der Waals surface area (Å²) in [6.07, 6.45) is 0. The van der Waals surface area contributed by atoms with Gasteiger partial charge < -0.3 is 20.5 Å². The first-order valence-electron chi connectivity index (χ1n) is 7.15. The lowest BCUT2D eigenvalue weighted by molar-refractivity contribution is 0.0962. The predicted molar refractivity (Wildman–Crippen MR) is 87.4 cm³/mol. The SMILES string of the molecule is CNC(=O)c1c(C)nc(N)nc1-c1ccccc1OCCOC. The van der Waals surface area contributed by atoms with E-state index in [1.165, 1.54) is 0 Å². The highest BCUT2D eigenvalue weighted by Gasteiger charge is 2.20. The molecule has 0 fully saturated rings. The topological polar surface area (TPSA) is 99.4 Å². The van der Waals surface area contributed by atoms with E-state index >= 15 is 0 Å². The smallest absolute Gasteiger partial charge is 0.255 e. The molecule has 23 heavy (non-hydrogen) atoms. The Labute approximate surface area is 134 Å². The maximum absolute atomic E-state index is 12.2. The third kappa shape index (κ3) is 3.75. The summed E-state index contributed by atoms with van der Waals surface area (Å²) in [7, 11) is 3.16. The molecule has 0 unspecified atom stereocenters. The van der Waals surface area contributed by atoms with E-state index in [9.17, 15) is 4.79 Å². The molecule has 0 spiro atoms. The number of carbonyl (C=O) groups is 1. The standard InChI is InChI=1S/C16H20N4O3/c1-10-13(15(21)18-2)14(20-16(17)19-10)11-6-4-5-7-12(11)23-9-8-22-3/h4-7H,8-9H2,1-3H3,(H,18,21)(H2,17,19,20). The normalized spacial score (nSPS) is 10.4. The zero-order chi connectivity index (χ0) is 16.8. The summed E-state index contributed by atoms with van der Waals surface area (Å²) in [5, 5.41) is 2.60. The number of aromatic nitrogens is 2. The molecule has 2 rings (SSSR count). The molecule has 0 saturated carbocycles. The number of benzene rings is 1. The van der Waals surface area contributed by atoms with Crippen LogP contribution in [0.25, 0.3) is 11.3 Å². The van der Waals surface area contributed by atoms with Crippen molar-refractivity contribution >= 4 is 11.9 Å². The van der Waals surface area contributed by atoms with Crippen LogP contribution >= 0.6 is 0 Å². The number of nitrogens with one attached hydrogen (secondary N) is 1. The van der Waals surface area contributed by atoms with E-state index in [0.717, 1.165) is 0 Å². The molecule has 7 nitrogen and oxygen atoms in total. The van der Waals surface area contributed by atoms with E-state index in [0.29, 0.717) is 41.5 Å². The fraction of sp³-hybridized carbons (Fsp3) is 0.312. The van der Waals surface area contributed by atoms with Gasteiger partial charge in [-0.3, -0.25) is 4.79 Å². The van der Waals surface area contributed by atoms with Crippen LogP contribution in [0.15, 0.2) is 24.3 Å². The molecule has 0 bridgehead atoms. The average Bonchev–Trinajstić information content (AvgIpc) is 2.54. The second-order valence-corrected chi connectivity index (χ2v) is 4.81. The minimum Gasteiger partial charge on any atom is -0.490 e. The van der Waals surface area contributed by atoms with Gasteiger partial charge in [0.25, 0.3) is 5.91 Å². The Morgan fingerprint density at radius 3 is 2.70 bits per heavy atom. The van der Waals surface area contributed by atoms with E-state index in [2.05, 4.69) is 15.3 Å². The number of nitrogen functional groups attached to an aromatic ring is 1. The third-order valence-corrected chi connectivity index (χ3v) is 3.25. The van der Waals surface area contributed by atoms with E-state index in [-0.39, 0.29) is 11.9 Å². The number of methoxy groups -OCH3 is 1. The lowest BCUT2D eigenvalue weighted by Gasteiger charge is -2.15. The molecule has 2 aromatic rings. The first-order valence-corrected chi connectivity index (χ1v) is 7.15. The maximum Gasteiger partial charge on any atom is 0.255 e. The molecule has 0 aliphatic rings. The molecule has 0 aliphatic carbocycles. The minimum absolute atomic E-state index is 0.108. The van der Waals surface area contributed by atoms with Crippen LogP contribution in [0.4, 0.5) is 5.95 Å². The second-order valence-electron chi connectivity index (χ2n) is 4.81. The van der Waals surface area contributed by atoms with Crippen LogP contribution in [0, 0.1) is 6.92 Å². The molecular formula is C16H20N4O3. The molecule has 7 heteroatoms. The van der Waals surface area contributed by atoms with Crippen LogP contribution in [-0.2, 0) is 4.74 Å². The van der Waals surface area contributed by atoms with Gasteiger partial charge in [0.1, 0.15) is 12.4 Å². The van der Waals surface area contributed by atoms with E-state index in [1.807, 2.05) is 24.3 Å². The monoisotopic (exact) mass is 316 g/mol. The van der Waals surface area contributed by atoms with Gasteiger partial charge >= 0.3 is 0 Å². The number of amides is 1. The van der Waals surface area contributed by atoms with Crippen molar-refractivity contribution in [2.24, 2.45) is 0 Å². The van der Waals surface area contributed by atoms with Crippen molar-refractivity contribution in [3.05, 3.63) is 35.5 Å². The van der Waals surface area contributed by atoms with Crippen molar-refractivity contribution in [1.29, 1.82) is 0 Å². The van der Waals surface area contributed by atoms with Crippen LogP contribution in [0.2, 0.25) is 0 Å². The number of rotatable bonds is 6. The van der Waals surface area contributed by atoms with E-state index in [4.69, 9.17) is 15.2 Å². The minimum atomic E-state index is -0.274. The number of ether oxygens (including phenoxy) is 2. The average molecular weight is 316 g/mol. The van der Waals surface area contributed by atoms with Crippen molar-refractivity contribution in [2.75, 3.05) is 33.1 Å². The van der Waals surface area contributed by atoms with Gasteiger partial charge in [-0.25, -0.2) is 9.97 Å². The number of aryl methyl sites for hydroxylation is 1. The van der Waals surface area contributed by atoms with Crippen LogP contribution in [0.5, 0.6) is 5.75 Å². The summed E-state index contributed by atoms with van der Waals surface area (Å²) in [5.74, 6) is 0.438. The molecular weight excluding hydrogens is 296 g/mol. The van der Waals surface area contributed by atoms with E-state index in [1.54, 1.807) is 21.1 Å². The zero-order valence-electron chi connectivity index (χ0n) is 13.4. The van der Waals surface area contributed by atoms with E-state index < -0.39 is 0 Å². The van der Waals surface area contributed by atoms with Crippen LogP contribution < -0.4 is 15.8 Å². The largest absolute Gasteiger partial charge is 0.490 e. The second kappa shape index (κ2) is 7.55. The summed E-state index contributed by atoms with van der Waals surface area (Å²) in [6.45, 7) is 2.57. The highest BCUT2D eigenvalue weighted by Crippen LogP contribution is 2.32. The third-order valence-electron chi connectivity index (χ3n) is 3.25. The van der Waals surface area contributed by atoms with Gasteiger partial charge in [0.15, 0.2) is 0 Å². The Morgan fingerprint density at radius 2 is 2.00 bits per heavy atom. The molecule has 0 saturated heterocycles. The molecule has 0 aliphatic heterocycles. The number of hydrogen-bond acceptors (Lipinski definition) is 6. The molecule has 3 N–H and O–H groups in total. The van der Waals surface area contributed by atoms with Crippen molar-refractivity contribution in [3.63, 3.8) is 0 Å². The van der Waals surface area contributed by atoms with Crippen molar-refractivity contribution in [1.82, 2.24) is 15.3 Å².